The van der Waals surface area contributed by atoms with E-state index >= 15 is 0 Å². The van der Waals surface area contributed by atoms with Crippen LogP contribution in [0.2, 0.25) is 0 Å². The second-order valence-corrected chi connectivity index (χ2v) is 13.8. The highest BCUT2D eigenvalue weighted by molar-refractivity contribution is 5.39. The topological polar surface area (TPSA) is 60.7 Å². The van der Waals surface area contributed by atoms with E-state index in [0.29, 0.717) is 12.3 Å². The SMILES string of the molecule is CC(C=CC=C(C)C=CC1=C(C)C(O)C(O)CC1(C)C)=CC=CC=C(C)C=CC=C(C)C=CC1C(C)=CC(O)CC1(C)C. The number of hydrogen-bond acceptors (Lipinski definition) is 3. The molecular formula is C40H56O3. The van der Waals surface area contributed by atoms with E-state index in [9.17, 15) is 15.3 Å². The lowest BCUT2D eigenvalue weighted by Gasteiger charge is -2.38. The third-order valence-corrected chi connectivity index (χ3v) is 8.53. The van der Waals surface area contributed by atoms with Gasteiger partial charge in [0.25, 0.3) is 0 Å². The molecule has 0 heterocycles. The van der Waals surface area contributed by atoms with E-state index in [1.165, 1.54) is 16.7 Å². The molecule has 0 aromatic heterocycles. The van der Waals surface area contributed by atoms with Gasteiger partial charge in [0.1, 0.15) is 6.10 Å². The van der Waals surface area contributed by atoms with E-state index in [2.05, 4.69) is 141 Å². The van der Waals surface area contributed by atoms with Crippen LogP contribution in [0.5, 0.6) is 0 Å². The minimum absolute atomic E-state index is 0.0496. The molecular weight excluding hydrogens is 528 g/mol. The molecule has 0 bridgehead atoms. The summed E-state index contributed by atoms with van der Waals surface area (Å²) < 4.78 is 0. The molecule has 3 nitrogen and oxygen atoms in total. The molecule has 43 heavy (non-hydrogen) atoms. The quantitative estimate of drug-likeness (QED) is 0.177. The van der Waals surface area contributed by atoms with Crippen LogP contribution in [-0.2, 0) is 0 Å². The normalized spacial score (nSPS) is 28.0. The lowest BCUT2D eigenvalue weighted by molar-refractivity contribution is 0.00686. The second kappa shape index (κ2) is 16.2. The lowest BCUT2D eigenvalue weighted by Crippen LogP contribution is -2.38. The molecule has 0 radical (unpaired) electrons. The van der Waals surface area contributed by atoms with Crippen LogP contribution in [0, 0.1) is 16.7 Å². The Hall–Kier alpha value is -2.98. The molecule has 0 spiro atoms. The maximum atomic E-state index is 10.3. The van der Waals surface area contributed by atoms with Gasteiger partial charge in [-0.2, -0.15) is 0 Å². The number of aliphatic hydroxyl groups is 3. The summed E-state index contributed by atoms with van der Waals surface area (Å²) in [5.41, 5.74) is 7.70. The fourth-order valence-corrected chi connectivity index (χ4v) is 6.05. The molecule has 2 aliphatic carbocycles. The van der Waals surface area contributed by atoms with E-state index in [1.807, 2.05) is 19.1 Å². The Balaban J connectivity index is 1.92. The first-order chi connectivity index (χ1) is 20.0. The van der Waals surface area contributed by atoms with Crippen molar-refractivity contribution in [1.82, 2.24) is 0 Å². The minimum atomic E-state index is -0.792. The van der Waals surface area contributed by atoms with Crippen LogP contribution >= 0.6 is 0 Å². The molecule has 0 saturated carbocycles. The maximum Gasteiger partial charge on any atom is 0.101 e. The molecule has 0 aromatic carbocycles. The number of rotatable bonds is 10. The Labute approximate surface area is 262 Å². The van der Waals surface area contributed by atoms with Gasteiger partial charge in [0, 0.05) is 5.92 Å². The van der Waals surface area contributed by atoms with Gasteiger partial charge >= 0.3 is 0 Å². The van der Waals surface area contributed by atoms with Crippen molar-refractivity contribution in [2.75, 3.05) is 0 Å². The Morgan fingerprint density at radius 2 is 1.19 bits per heavy atom. The maximum absolute atomic E-state index is 10.3. The molecule has 234 valence electrons. The standard InChI is InChI=1S/C40H56O3/c1-28(17-13-19-30(3)21-23-35-32(5)25-34(41)26-39(35,7)8)15-11-12-16-29(2)18-14-20-31(4)22-24-36-33(6)38(43)37(42)27-40(36,9)10/h11-25,34-35,37-38,41-43H,26-27H2,1-10H3. The predicted octanol–water partition coefficient (Wildman–Crippen LogP) is 9.37. The Kier molecular flexibility index (Phi) is 13.6. The third kappa shape index (κ3) is 11.6. The summed E-state index contributed by atoms with van der Waals surface area (Å²) in [6.07, 6.45) is 30.9. The molecule has 3 N–H and O–H groups in total. The van der Waals surface area contributed by atoms with Crippen molar-refractivity contribution < 1.29 is 15.3 Å². The van der Waals surface area contributed by atoms with Crippen molar-refractivity contribution in [3.05, 3.63) is 130 Å². The van der Waals surface area contributed by atoms with Crippen molar-refractivity contribution in [3.63, 3.8) is 0 Å². The van der Waals surface area contributed by atoms with Gasteiger partial charge in [-0.25, -0.2) is 0 Å². The van der Waals surface area contributed by atoms with Gasteiger partial charge in [-0.1, -0.05) is 147 Å². The Bertz CT molecular complexity index is 1310. The van der Waals surface area contributed by atoms with Gasteiger partial charge in [-0.15, -0.1) is 0 Å². The molecule has 2 rings (SSSR count). The molecule has 0 aromatic rings. The largest absolute Gasteiger partial charge is 0.390 e. The molecule has 3 heteroatoms. The Morgan fingerprint density at radius 3 is 1.72 bits per heavy atom. The van der Waals surface area contributed by atoms with E-state index < -0.39 is 12.2 Å². The van der Waals surface area contributed by atoms with Gasteiger partial charge in [-0.3, -0.25) is 0 Å². The number of hydrogen-bond donors (Lipinski definition) is 3. The highest BCUT2D eigenvalue weighted by Gasteiger charge is 2.37. The van der Waals surface area contributed by atoms with Crippen LogP contribution in [0.3, 0.4) is 0 Å². The zero-order chi connectivity index (χ0) is 32.4. The van der Waals surface area contributed by atoms with Crippen molar-refractivity contribution in [2.45, 2.75) is 100 Å². The van der Waals surface area contributed by atoms with E-state index in [4.69, 9.17) is 0 Å². The van der Waals surface area contributed by atoms with Crippen LogP contribution in [0.1, 0.15) is 82.1 Å². The van der Waals surface area contributed by atoms with Gasteiger partial charge in [0.2, 0.25) is 0 Å². The number of aliphatic hydroxyl groups excluding tert-OH is 3. The van der Waals surface area contributed by atoms with Crippen LogP contribution in [0.25, 0.3) is 0 Å². The molecule has 4 unspecified atom stereocenters. The summed E-state index contributed by atoms with van der Waals surface area (Å²) in [6, 6.07) is 0. The summed E-state index contributed by atoms with van der Waals surface area (Å²) in [6.45, 7) is 21.1. The fraction of sp³-hybridized carbons (Fsp3) is 0.450. The van der Waals surface area contributed by atoms with Crippen LogP contribution in [0.15, 0.2) is 130 Å². The van der Waals surface area contributed by atoms with Gasteiger partial charge in [0.15, 0.2) is 0 Å². The summed E-state index contributed by atoms with van der Waals surface area (Å²) in [5.74, 6) is 0.340. The number of allylic oxidation sites excluding steroid dienone is 20. The molecule has 0 fully saturated rings. The summed E-state index contributed by atoms with van der Waals surface area (Å²) >= 11 is 0. The summed E-state index contributed by atoms with van der Waals surface area (Å²) in [7, 11) is 0. The van der Waals surface area contributed by atoms with E-state index in [-0.39, 0.29) is 16.9 Å². The van der Waals surface area contributed by atoms with E-state index in [1.54, 1.807) is 0 Å². The first-order valence-corrected chi connectivity index (χ1v) is 15.6. The summed E-state index contributed by atoms with van der Waals surface area (Å²) in [4.78, 5) is 0. The predicted molar refractivity (Wildman–Crippen MR) is 185 cm³/mol. The average Bonchev–Trinajstić information content (AvgIpc) is 2.88. The highest BCUT2D eigenvalue weighted by Crippen LogP contribution is 2.42. The third-order valence-electron chi connectivity index (χ3n) is 8.53. The Morgan fingerprint density at radius 1 is 0.698 bits per heavy atom. The van der Waals surface area contributed by atoms with Crippen molar-refractivity contribution in [2.24, 2.45) is 16.7 Å². The van der Waals surface area contributed by atoms with Crippen molar-refractivity contribution >= 4 is 0 Å². The van der Waals surface area contributed by atoms with Crippen molar-refractivity contribution in [1.29, 1.82) is 0 Å². The zero-order valence-corrected chi connectivity index (χ0v) is 28.2. The average molecular weight is 585 g/mol. The smallest absolute Gasteiger partial charge is 0.101 e. The van der Waals surface area contributed by atoms with Crippen LogP contribution in [-0.4, -0.2) is 33.6 Å². The second-order valence-electron chi connectivity index (χ2n) is 13.8. The first-order valence-electron chi connectivity index (χ1n) is 15.6. The monoisotopic (exact) mass is 584 g/mol. The van der Waals surface area contributed by atoms with Gasteiger partial charge in [0.05, 0.1) is 12.2 Å². The first kappa shape index (κ1) is 36.2. The molecule has 0 amide bonds. The lowest BCUT2D eigenvalue weighted by atomic mass is 9.67. The minimum Gasteiger partial charge on any atom is -0.390 e. The molecule has 2 aliphatic rings. The van der Waals surface area contributed by atoms with Crippen LogP contribution < -0.4 is 0 Å². The van der Waals surface area contributed by atoms with Crippen molar-refractivity contribution in [3.8, 4) is 0 Å². The zero-order valence-electron chi connectivity index (χ0n) is 28.2. The molecule has 0 saturated heterocycles. The molecule has 4 atom stereocenters. The summed E-state index contributed by atoms with van der Waals surface area (Å²) in [5, 5.41) is 30.5. The highest BCUT2D eigenvalue weighted by atomic mass is 16.3. The van der Waals surface area contributed by atoms with Crippen LogP contribution in [0.4, 0.5) is 0 Å². The fourth-order valence-electron chi connectivity index (χ4n) is 6.05. The van der Waals surface area contributed by atoms with Gasteiger partial charge < -0.3 is 15.3 Å². The molecule has 0 aliphatic heterocycles. The van der Waals surface area contributed by atoms with Gasteiger partial charge in [-0.05, 0) is 76.4 Å². The van der Waals surface area contributed by atoms with E-state index in [0.717, 1.165) is 28.7 Å².